The highest BCUT2D eigenvalue weighted by Crippen LogP contribution is 2.33. The van der Waals surface area contributed by atoms with Crippen molar-refractivity contribution < 1.29 is 4.79 Å². The highest BCUT2D eigenvalue weighted by atomic mass is 35.5. The van der Waals surface area contributed by atoms with Crippen molar-refractivity contribution in [3.63, 3.8) is 0 Å². The molecule has 6 nitrogen and oxygen atoms in total. The van der Waals surface area contributed by atoms with Crippen LogP contribution in [0.15, 0.2) is 67.0 Å². The second-order valence-corrected chi connectivity index (χ2v) is 9.58. The Morgan fingerprint density at radius 3 is 2.85 bits per heavy atom. The fraction of sp³-hybridized carbons (Fsp3) is 0.296. The molecule has 2 aromatic carbocycles. The summed E-state index contributed by atoms with van der Waals surface area (Å²) < 4.78 is 1.85. The van der Waals surface area contributed by atoms with Crippen LogP contribution in [-0.4, -0.2) is 33.6 Å². The quantitative estimate of drug-likeness (QED) is 0.451. The average Bonchev–Trinajstić information content (AvgIpc) is 3.49. The van der Waals surface area contributed by atoms with E-state index in [0.717, 1.165) is 54.8 Å². The fourth-order valence-corrected chi connectivity index (χ4v) is 5.57. The number of halogens is 1. The van der Waals surface area contributed by atoms with Crippen molar-refractivity contribution in [3.05, 3.63) is 83.1 Å². The van der Waals surface area contributed by atoms with Crippen LogP contribution < -0.4 is 10.2 Å². The summed E-state index contributed by atoms with van der Waals surface area (Å²) in [5.41, 5.74) is 5.24. The molecule has 1 aliphatic carbocycles. The maximum atomic E-state index is 13.2. The smallest absolute Gasteiger partial charge is 0.225 e. The molecule has 2 aromatic heterocycles. The topological polar surface area (TPSA) is 62.5 Å². The molecule has 1 amide bonds. The van der Waals surface area contributed by atoms with Crippen LogP contribution in [0.3, 0.4) is 0 Å². The van der Waals surface area contributed by atoms with Gasteiger partial charge in [-0.05, 0) is 48.9 Å². The molecule has 0 bridgehead atoms. The number of fused-ring (bicyclic) bond motifs is 2. The Morgan fingerprint density at radius 1 is 1.09 bits per heavy atom. The third-order valence-corrected chi connectivity index (χ3v) is 7.39. The molecule has 1 aliphatic heterocycles. The van der Waals surface area contributed by atoms with E-state index in [0.29, 0.717) is 11.6 Å². The summed E-state index contributed by atoms with van der Waals surface area (Å²) in [7, 11) is 0. The molecule has 2 aliphatic rings. The SMILES string of the molecule is O=C(N[C@@H]1CCc2ccccc21)[C@H]1CCCN(c2nccn3nc(-c4ccccc4Cl)cc23)C1. The Morgan fingerprint density at radius 2 is 1.94 bits per heavy atom. The lowest BCUT2D eigenvalue weighted by Gasteiger charge is -2.33. The van der Waals surface area contributed by atoms with E-state index in [-0.39, 0.29) is 17.9 Å². The van der Waals surface area contributed by atoms with Gasteiger partial charge in [0.05, 0.1) is 22.7 Å². The third-order valence-electron chi connectivity index (χ3n) is 7.06. The van der Waals surface area contributed by atoms with Crippen LogP contribution in [-0.2, 0) is 11.2 Å². The van der Waals surface area contributed by atoms with Crippen molar-refractivity contribution in [2.45, 2.75) is 31.7 Å². The predicted molar refractivity (Wildman–Crippen MR) is 134 cm³/mol. The number of nitrogens with one attached hydrogen (secondary N) is 1. The van der Waals surface area contributed by atoms with Gasteiger partial charge in [-0.2, -0.15) is 5.10 Å². The van der Waals surface area contributed by atoms with Gasteiger partial charge in [-0.25, -0.2) is 9.50 Å². The van der Waals surface area contributed by atoms with Gasteiger partial charge in [0, 0.05) is 31.0 Å². The number of piperidine rings is 1. The highest BCUT2D eigenvalue weighted by molar-refractivity contribution is 6.33. The van der Waals surface area contributed by atoms with Crippen LogP contribution in [0.4, 0.5) is 5.82 Å². The summed E-state index contributed by atoms with van der Waals surface area (Å²) in [6.45, 7) is 1.52. The van der Waals surface area contributed by atoms with Gasteiger partial charge in [-0.3, -0.25) is 4.79 Å². The molecule has 0 unspecified atom stereocenters. The minimum Gasteiger partial charge on any atom is -0.354 e. The monoisotopic (exact) mass is 471 g/mol. The number of anilines is 1. The minimum atomic E-state index is -0.0606. The molecule has 1 N–H and O–H groups in total. The first-order valence-corrected chi connectivity index (χ1v) is 12.3. The molecule has 0 spiro atoms. The lowest BCUT2D eigenvalue weighted by Crippen LogP contribution is -2.44. The van der Waals surface area contributed by atoms with E-state index in [1.807, 2.05) is 41.0 Å². The van der Waals surface area contributed by atoms with Crippen LogP contribution in [0.2, 0.25) is 5.02 Å². The summed E-state index contributed by atoms with van der Waals surface area (Å²) in [6, 6.07) is 18.3. The van der Waals surface area contributed by atoms with Gasteiger partial charge in [-0.15, -0.1) is 0 Å². The molecule has 7 heteroatoms. The van der Waals surface area contributed by atoms with Crippen molar-refractivity contribution in [2.24, 2.45) is 5.92 Å². The summed E-state index contributed by atoms with van der Waals surface area (Å²) in [5, 5.41) is 8.73. The second-order valence-electron chi connectivity index (χ2n) is 9.17. The van der Waals surface area contributed by atoms with E-state index in [9.17, 15) is 4.79 Å². The number of aromatic nitrogens is 3. The summed E-state index contributed by atoms with van der Waals surface area (Å²) in [4.78, 5) is 20.2. The lowest BCUT2D eigenvalue weighted by atomic mass is 9.96. The predicted octanol–water partition coefficient (Wildman–Crippen LogP) is 5.07. The molecular weight excluding hydrogens is 446 g/mol. The first-order valence-electron chi connectivity index (χ1n) is 11.9. The number of rotatable bonds is 4. The van der Waals surface area contributed by atoms with Crippen LogP contribution in [0.1, 0.15) is 36.4 Å². The highest BCUT2D eigenvalue weighted by Gasteiger charge is 2.31. The number of nitrogens with zero attached hydrogens (tertiary/aromatic N) is 4. The third kappa shape index (κ3) is 3.82. The molecule has 6 rings (SSSR count). The Kier molecular flexibility index (Phi) is 5.46. The van der Waals surface area contributed by atoms with E-state index in [1.165, 1.54) is 11.1 Å². The standard InChI is InChI=1S/C27H26ClN5O/c28-22-10-4-3-9-21(22)24-16-25-26(29-13-15-33(25)31-24)32-14-5-7-19(17-32)27(34)30-23-12-11-18-6-1-2-8-20(18)23/h1-4,6,8-10,13,15-16,19,23H,5,7,11-12,14,17H2,(H,30,34)/t19-,23+/m0/s1. The molecule has 0 saturated carbocycles. The van der Waals surface area contributed by atoms with Gasteiger partial charge < -0.3 is 10.2 Å². The van der Waals surface area contributed by atoms with Gasteiger partial charge in [0.2, 0.25) is 5.91 Å². The van der Waals surface area contributed by atoms with Crippen molar-refractivity contribution in [2.75, 3.05) is 18.0 Å². The Labute approximate surface area is 203 Å². The Hall–Kier alpha value is -3.38. The zero-order valence-corrected chi connectivity index (χ0v) is 19.6. The first kappa shape index (κ1) is 21.2. The van der Waals surface area contributed by atoms with Crippen molar-refractivity contribution >= 4 is 28.8 Å². The summed E-state index contributed by atoms with van der Waals surface area (Å²) in [5.74, 6) is 0.940. The van der Waals surface area contributed by atoms with Gasteiger partial charge >= 0.3 is 0 Å². The van der Waals surface area contributed by atoms with Crippen molar-refractivity contribution in [1.29, 1.82) is 0 Å². The van der Waals surface area contributed by atoms with E-state index in [1.54, 1.807) is 6.20 Å². The normalized spacial score (nSPS) is 19.9. The van der Waals surface area contributed by atoms with E-state index in [4.69, 9.17) is 16.7 Å². The number of carbonyl (C=O) groups excluding carboxylic acids is 1. The summed E-state index contributed by atoms with van der Waals surface area (Å²) >= 11 is 6.41. The number of aryl methyl sites for hydroxylation is 1. The van der Waals surface area contributed by atoms with E-state index < -0.39 is 0 Å². The number of hydrogen-bond acceptors (Lipinski definition) is 4. The minimum absolute atomic E-state index is 0.0606. The zero-order chi connectivity index (χ0) is 23.1. The van der Waals surface area contributed by atoms with Crippen LogP contribution in [0.5, 0.6) is 0 Å². The largest absolute Gasteiger partial charge is 0.354 e. The Bertz CT molecular complexity index is 1370. The van der Waals surface area contributed by atoms with E-state index in [2.05, 4.69) is 39.5 Å². The van der Waals surface area contributed by atoms with Gasteiger partial charge in [0.25, 0.3) is 0 Å². The van der Waals surface area contributed by atoms with Crippen LogP contribution in [0.25, 0.3) is 16.8 Å². The first-order chi connectivity index (χ1) is 16.7. The van der Waals surface area contributed by atoms with Gasteiger partial charge in [-0.1, -0.05) is 54.1 Å². The maximum absolute atomic E-state index is 13.2. The van der Waals surface area contributed by atoms with Crippen molar-refractivity contribution in [3.8, 4) is 11.3 Å². The molecule has 1 saturated heterocycles. The van der Waals surface area contributed by atoms with Gasteiger partial charge in [0.15, 0.2) is 5.82 Å². The van der Waals surface area contributed by atoms with Crippen LogP contribution >= 0.6 is 11.6 Å². The molecule has 172 valence electrons. The number of benzene rings is 2. The molecule has 34 heavy (non-hydrogen) atoms. The number of carbonyl (C=O) groups is 1. The van der Waals surface area contributed by atoms with Crippen LogP contribution in [0, 0.1) is 5.92 Å². The molecule has 1 fully saturated rings. The second kappa shape index (κ2) is 8.76. The summed E-state index contributed by atoms with van der Waals surface area (Å²) in [6.07, 6.45) is 7.47. The Balaban J connectivity index is 1.23. The molecule has 4 aromatic rings. The molecule has 0 radical (unpaired) electrons. The fourth-order valence-electron chi connectivity index (χ4n) is 5.33. The van der Waals surface area contributed by atoms with E-state index >= 15 is 0 Å². The van der Waals surface area contributed by atoms with Gasteiger partial charge in [0.1, 0.15) is 5.52 Å². The number of hydrogen-bond donors (Lipinski definition) is 1. The molecule has 3 heterocycles. The molecular formula is C27H26ClN5O. The number of amides is 1. The van der Waals surface area contributed by atoms with Crippen molar-refractivity contribution in [1.82, 2.24) is 19.9 Å². The zero-order valence-electron chi connectivity index (χ0n) is 18.8. The maximum Gasteiger partial charge on any atom is 0.225 e. The lowest BCUT2D eigenvalue weighted by molar-refractivity contribution is -0.126. The molecule has 2 atom stereocenters. The average molecular weight is 472 g/mol.